The molecule has 0 aromatic rings. The third-order valence-electron chi connectivity index (χ3n) is 3.33. The fourth-order valence-corrected chi connectivity index (χ4v) is 1.97. The van der Waals surface area contributed by atoms with Crippen LogP contribution in [0.15, 0.2) is 0 Å². The van der Waals surface area contributed by atoms with Crippen LogP contribution in [0, 0.1) is 17.8 Å². The quantitative estimate of drug-likeness (QED) is 0.498. The number of rotatable bonds is 7. The van der Waals surface area contributed by atoms with Crippen LogP contribution in [0.3, 0.4) is 0 Å². The third kappa shape index (κ3) is 3.14. The zero-order chi connectivity index (χ0) is 12.4. The van der Waals surface area contributed by atoms with E-state index < -0.39 is 11.9 Å². The second-order valence-corrected chi connectivity index (χ2v) is 4.93. The first-order chi connectivity index (χ1) is 8.13. The van der Waals surface area contributed by atoms with Crippen molar-refractivity contribution in [2.45, 2.75) is 39.0 Å². The van der Waals surface area contributed by atoms with Gasteiger partial charge < -0.3 is 4.74 Å². The Morgan fingerprint density at radius 3 is 2.18 bits per heavy atom. The number of ketones is 2. The first-order valence-corrected chi connectivity index (χ1v) is 6.36. The van der Waals surface area contributed by atoms with Gasteiger partial charge in [-0.1, -0.05) is 0 Å². The van der Waals surface area contributed by atoms with E-state index in [4.69, 9.17) is 4.74 Å². The average Bonchev–Trinajstić information content (AvgIpc) is 3.18. The van der Waals surface area contributed by atoms with Crippen LogP contribution in [0.25, 0.3) is 0 Å². The molecule has 2 aliphatic rings. The van der Waals surface area contributed by atoms with Crippen molar-refractivity contribution >= 4 is 17.5 Å². The van der Waals surface area contributed by atoms with E-state index in [1.54, 1.807) is 6.92 Å². The molecule has 17 heavy (non-hydrogen) atoms. The van der Waals surface area contributed by atoms with E-state index in [0.717, 1.165) is 25.7 Å². The Bertz CT molecular complexity index is 339. The van der Waals surface area contributed by atoms with Crippen LogP contribution in [0.1, 0.15) is 39.0 Å². The monoisotopic (exact) mass is 238 g/mol. The predicted octanol–water partition coefficient (Wildman–Crippen LogP) is 1.51. The molecular formula is C13H18O4. The highest BCUT2D eigenvalue weighted by molar-refractivity contribution is 6.04. The second-order valence-electron chi connectivity index (χ2n) is 4.93. The standard InChI is InChI=1S/C13H18O4/c1-2-17-13(16)10(12(15)9-5-6-9)7-11(14)8-3-4-8/h8-10H,2-7H2,1H3/t10-/m1/s1. The first-order valence-electron chi connectivity index (χ1n) is 6.36. The minimum absolute atomic E-state index is 0.00332. The number of hydrogen-bond acceptors (Lipinski definition) is 4. The third-order valence-corrected chi connectivity index (χ3v) is 3.33. The molecule has 0 spiro atoms. The zero-order valence-corrected chi connectivity index (χ0v) is 10.1. The van der Waals surface area contributed by atoms with Gasteiger partial charge in [0, 0.05) is 18.3 Å². The Morgan fingerprint density at radius 2 is 1.71 bits per heavy atom. The van der Waals surface area contributed by atoms with Crippen LogP contribution in [0.5, 0.6) is 0 Å². The minimum atomic E-state index is -0.837. The lowest BCUT2D eigenvalue weighted by atomic mass is 9.93. The molecular weight excluding hydrogens is 220 g/mol. The number of carbonyl (C=O) groups excluding carboxylic acids is 3. The van der Waals surface area contributed by atoms with Crippen molar-refractivity contribution in [2.24, 2.45) is 17.8 Å². The zero-order valence-electron chi connectivity index (χ0n) is 10.1. The maximum absolute atomic E-state index is 11.9. The van der Waals surface area contributed by atoms with Gasteiger partial charge in [-0.15, -0.1) is 0 Å². The van der Waals surface area contributed by atoms with E-state index >= 15 is 0 Å². The van der Waals surface area contributed by atoms with E-state index in [2.05, 4.69) is 0 Å². The maximum Gasteiger partial charge on any atom is 0.316 e. The van der Waals surface area contributed by atoms with Crippen LogP contribution in [-0.2, 0) is 19.1 Å². The normalized spacial score (nSPS) is 20.8. The highest BCUT2D eigenvalue weighted by atomic mass is 16.5. The van der Waals surface area contributed by atoms with Gasteiger partial charge in [-0.25, -0.2) is 0 Å². The summed E-state index contributed by atoms with van der Waals surface area (Å²) in [7, 11) is 0. The highest BCUT2D eigenvalue weighted by Crippen LogP contribution is 2.36. The van der Waals surface area contributed by atoms with Gasteiger partial charge in [0.1, 0.15) is 11.7 Å². The summed E-state index contributed by atoms with van der Waals surface area (Å²) in [6, 6.07) is 0. The molecule has 2 aliphatic carbocycles. The van der Waals surface area contributed by atoms with Gasteiger partial charge in [0.25, 0.3) is 0 Å². The van der Waals surface area contributed by atoms with Crippen LogP contribution in [-0.4, -0.2) is 24.1 Å². The second kappa shape index (κ2) is 4.98. The van der Waals surface area contributed by atoms with Gasteiger partial charge in [-0.05, 0) is 32.6 Å². The first kappa shape index (κ1) is 12.3. The Hall–Kier alpha value is -1.19. The number of carbonyl (C=O) groups is 3. The summed E-state index contributed by atoms with van der Waals surface area (Å²) in [6.07, 6.45) is 3.58. The molecule has 0 aromatic carbocycles. The van der Waals surface area contributed by atoms with Crippen molar-refractivity contribution in [2.75, 3.05) is 6.61 Å². The maximum atomic E-state index is 11.9. The van der Waals surface area contributed by atoms with Gasteiger partial charge in [0.05, 0.1) is 6.61 Å². The smallest absolute Gasteiger partial charge is 0.316 e. The van der Waals surface area contributed by atoms with E-state index in [0.29, 0.717) is 0 Å². The molecule has 4 nitrogen and oxygen atoms in total. The van der Waals surface area contributed by atoms with Crippen LogP contribution >= 0.6 is 0 Å². The molecule has 0 aromatic heterocycles. The summed E-state index contributed by atoms with van der Waals surface area (Å²) >= 11 is 0. The summed E-state index contributed by atoms with van der Waals surface area (Å²) in [4.78, 5) is 35.4. The number of hydrogen-bond donors (Lipinski definition) is 0. The summed E-state index contributed by atoms with van der Waals surface area (Å²) in [5.41, 5.74) is 0. The summed E-state index contributed by atoms with van der Waals surface area (Å²) in [5.74, 6) is -1.29. The van der Waals surface area contributed by atoms with Gasteiger partial charge in [-0.2, -0.15) is 0 Å². The Labute approximate surface area is 101 Å². The number of ether oxygens (including phenoxy) is 1. The van der Waals surface area contributed by atoms with Crippen molar-refractivity contribution in [3.63, 3.8) is 0 Å². The van der Waals surface area contributed by atoms with Crippen molar-refractivity contribution in [3.8, 4) is 0 Å². The van der Waals surface area contributed by atoms with Gasteiger partial charge >= 0.3 is 5.97 Å². The molecule has 0 aliphatic heterocycles. The molecule has 4 heteroatoms. The summed E-state index contributed by atoms with van der Waals surface area (Å²) in [5, 5.41) is 0. The Balaban J connectivity index is 1.97. The largest absolute Gasteiger partial charge is 0.465 e. The molecule has 0 heterocycles. The summed E-state index contributed by atoms with van der Waals surface area (Å²) in [6.45, 7) is 1.96. The fraction of sp³-hybridized carbons (Fsp3) is 0.769. The molecule has 1 atom stereocenters. The molecule has 2 rings (SSSR count). The lowest BCUT2D eigenvalue weighted by molar-refractivity contribution is -0.153. The van der Waals surface area contributed by atoms with Crippen LogP contribution in [0.2, 0.25) is 0 Å². The van der Waals surface area contributed by atoms with E-state index in [-0.39, 0.29) is 36.4 Å². The molecule has 0 amide bonds. The molecule has 0 radical (unpaired) electrons. The van der Waals surface area contributed by atoms with Crippen molar-refractivity contribution in [1.29, 1.82) is 0 Å². The van der Waals surface area contributed by atoms with E-state index in [1.165, 1.54) is 0 Å². The minimum Gasteiger partial charge on any atom is -0.465 e. The molecule has 0 unspecified atom stereocenters. The lowest BCUT2D eigenvalue weighted by Gasteiger charge is -2.13. The Morgan fingerprint density at radius 1 is 1.12 bits per heavy atom. The molecule has 94 valence electrons. The molecule has 0 bridgehead atoms. The van der Waals surface area contributed by atoms with Crippen molar-refractivity contribution in [1.82, 2.24) is 0 Å². The van der Waals surface area contributed by atoms with E-state index in [9.17, 15) is 14.4 Å². The molecule has 2 saturated carbocycles. The topological polar surface area (TPSA) is 60.4 Å². The van der Waals surface area contributed by atoms with Crippen molar-refractivity contribution in [3.05, 3.63) is 0 Å². The average molecular weight is 238 g/mol. The van der Waals surface area contributed by atoms with Crippen LogP contribution < -0.4 is 0 Å². The number of esters is 1. The SMILES string of the molecule is CCOC(=O)[C@H](CC(=O)C1CC1)C(=O)C1CC1. The van der Waals surface area contributed by atoms with Gasteiger partial charge in [0.2, 0.25) is 0 Å². The van der Waals surface area contributed by atoms with Crippen molar-refractivity contribution < 1.29 is 19.1 Å². The fourth-order valence-electron chi connectivity index (χ4n) is 1.97. The Kier molecular flexibility index (Phi) is 3.60. The lowest BCUT2D eigenvalue weighted by Crippen LogP contribution is -2.30. The van der Waals surface area contributed by atoms with Gasteiger partial charge in [-0.3, -0.25) is 14.4 Å². The van der Waals surface area contributed by atoms with Gasteiger partial charge in [0.15, 0.2) is 5.78 Å². The number of Topliss-reactive ketones (excluding diaryl/α,β-unsaturated/α-hetero) is 2. The molecule has 0 saturated heterocycles. The highest BCUT2D eigenvalue weighted by Gasteiger charge is 2.42. The predicted molar refractivity (Wildman–Crippen MR) is 60.2 cm³/mol. The van der Waals surface area contributed by atoms with Crippen LogP contribution in [0.4, 0.5) is 0 Å². The summed E-state index contributed by atoms with van der Waals surface area (Å²) < 4.78 is 4.89. The van der Waals surface area contributed by atoms with E-state index in [1.807, 2.05) is 0 Å². The molecule has 0 N–H and O–H groups in total. The molecule has 2 fully saturated rings.